The summed E-state index contributed by atoms with van der Waals surface area (Å²) >= 11 is 0. The van der Waals surface area contributed by atoms with Crippen LogP contribution in [0.5, 0.6) is 0 Å². The maximum Gasteiger partial charge on any atom is 1.00 e. The molecule has 2 heterocycles. The molecule has 9 nitrogen and oxygen atoms in total. The van der Waals surface area contributed by atoms with E-state index >= 15 is 0 Å². The van der Waals surface area contributed by atoms with Crippen LogP contribution in [0.4, 0.5) is 17.5 Å². The first kappa shape index (κ1) is 16.2. The topological polar surface area (TPSA) is 137 Å². The maximum atomic E-state index is 11.5. The molecule has 0 saturated heterocycles. The van der Waals surface area contributed by atoms with Crippen LogP contribution in [0, 0.1) is 0 Å². The fourth-order valence-corrected chi connectivity index (χ4v) is 1.61. The Morgan fingerprint density at radius 2 is 2.37 bits per heavy atom. The average molecular weight is 281 g/mol. The van der Waals surface area contributed by atoms with E-state index in [1.165, 1.54) is 4.90 Å². The normalized spacial score (nSPS) is 14.5. The molecule has 0 amide bonds. The van der Waals surface area contributed by atoms with Crippen molar-refractivity contribution < 1.29 is 45.9 Å². The van der Waals surface area contributed by atoms with Gasteiger partial charge in [-0.3, -0.25) is 14.7 Å². The van der Waals surface area contributed by atoms with Gasteiger partial charge in [0.25, 0.3) is 5.56 Å². The summed E-state index contributed by atoms with van der Waals surface area (Å²) in [6.07, 6.45) is -0.838. The fraction of sp³-hybridized carbons (Fsp3) is 0.556. The van der Waals surface area contributed by atoms with Crippen LogP contribution in [0.3, 0.4) is 0 Å². The second-order valence-electron chi connectivity index (χ2n) is 3.73. The summed E-state index contributed by atoms with van der Waals surface area (Å²) in [5, 5.41) is 21.2. The molecule has 1 aliphatic heterocycles. The first-order chi connectivity index (χ1) is 8.63. The Labute approximate surface area is 132 Å². The van der Waals surface area contributed by atoms with Gasteiger partial charge in [0, 0.05) is 6.61 Å². The number of nitrogens with one attached hydrogen (secondary N) is 2. The van der Waals surface area contributed by atoms with Gasteiger partial charge in [-0.25, -0.2) is 0 Å². The molecule has 2 rings (SSSR count). The van der Waals surface area contributed by atoms with Gasteiger partial charge in [0.15, 0.2) is 5.82 Å². The van der Waals surface area contributed by atoms with E-state index in [1.807, 2.05) is 0 Å². The van der Waals surface area contributed by atoms with Gasteiger partial charge in [-0.15, -0.1) is 0 Å². The Balaban J connectivity index is 0.00000180. The number of hydrogen-bond acceptors (Lipinski definition) is 8. The number of nitrogen functional groups attached to an aromatic ring is 1. The van der Waals surface area contributed by atoms with Gasteiger partial charge in [0.05, 0.1) is 13.3 Å². The monoisotopic (exact) mass is 281 g/mol. The number of rotatable bonds is 5. The van der Waals surface area contributed by atoms with Crippen LogP contribution in [0.1, 0.15) is 7.85 Å². The molecule has 1 aromatic rings. The summed E-state index contributed by atoms with van der Waals surface area (Å²) < 4.78 is 5.09. The molecular weight excluding hydrogens is 265 g/mol. The molecule has 0 saturated carbocycles. The minimum Gasteiger partial charge on any atom is -1.00 e. The van der Waals surface area contributed by atoms with E-state index in [0.29, 0.717) is 6.42 Å². The number of anilines is 3. The summed E-state index contributed by atoms with van der Waals surface area (Å²) in [7, 11) is 0. The minimum atomic E-state index is -1.25. The molecule has 0 fully saturated rings. The summed E-state index contributed by atoms with van der Waals surface area (Å²) in [6.45, 7) is 0.365. The number of nitrogens with zero attached hydrogens (tertiary/aromatic N) is 2. The van der Waals surface area contributed by atoms with Gasteiger partial charge in [0.2, 0.25) is 12.4 Å². The summed E-state index contributed by atoms with van der Waals surface area (Å²) in [5.74, 6) is 0.211. The Morgan fingerprint density at radius 1 is 1.63 bits per heavy atom. The molecule has 0 bridgehead atoms. The van der Waals surface area contributed by atoms with Gasteiger partial charge < -0.3 is 27.4 Å². The van der Waals surface area contributed by atoms with Crippen LogP contribution < -0.4 is 51.1 Å². The SMILES string of the molecule is Nc1nc2c(c(=O)[nH]1)NCN2C(O)OCCCO.[H-].[Na+]. The van der Waals surface area contributed by atoms with Crippen molar-refractivity contribution in [2.75, 3.05) is 35.8 Å². The van der Waals surface area contributed by atoms with Crippen molar-refractivity contribution >= 4 is 17.5 Å². The fourth-order valence-electron chi connectivity index (χ4n) is 1.61. The zero-order valence-corrected chi connectivity index (χ0v) is 12.6. The molecular formula is C9H16N5NaO4. The Bertz CT molecular complexity index is 488. The van der Waals surface area contributed by atoms with E-state index in [-0.39, 0.29) is 68.3 Å². The van der Waals surface area contributed by atoms with Gasteiger partial charge in [-0.1, -0.05) is 0 Å². The third kappa shape index (κ3) is 3.59. The van der Waals surface area contributed by atoms with E-state index in [1.54, 1.807) is 0 Å². The summed E-state index contributed by atoms with van der Waals surface area (Å²) in [6, 6.07) is 0. The Kier molecular flexibility index (Phi) is 6.04. The van der Waals surface area contributed by atoms with Gasteiger partial charge in [0.1, 0.15) is 5.69 Å². The second kappa shape index (κ2) is 7.08. The number of H-pyrrole nitrogens is 1. The van der Waals surface area contributed by atoms with Crippen LogP contribution in [0.25, 0.3) is 0 Å². The Morgan fingerprint density at radius 3 is 3.05 bits per heavy atom. The molecule has 0 aromatic carbocycles. The van der Waals surface area contributed by atoms with E-state index in [4.69, 9.17) is 15.6 Å². The van der Waals surface area contributed by atoms with Crippen molar-refractivity contribution in [3.63, 3.8) is 0 Å². The van der Waals surface area contributed by atoms with Crippen LogP contribution in [0.15, 0.2) is 4.79 Å². The van der Waals surface area contributed by atoms with Crippen molar-refractivity contribution in [1.29, 1.82) is 0 Å². The first-order valence-corrected chi connectivity index (χ1v) is 5.44. The third-order valence-electron chi connectivity index (χ3n) is 2.45. The molecule has 0 aliphatic carbocycles. The van der Waals surface area contributed by atoms with Gasteiger partial charge >= 0.3 is 29.6 Å². The number of aliphatic hydroxyl groups excluding tert-OH is 2. The molecule has 6 N–H and O–H groups in total. The number of aliphatic hydroxyl groups is 2. The molecule has 1 aliphatic rings. The van der Waals surface area contributed by atoms with Crippen LogP contribution in [0.2, 0.25) is 0 Å². The van der Waals surface area contributed by atoms with Crippen molar-refractivity contribution in [1.82, 2.24) is 9.97 Å². The van der Waals surface area contributed by atoms with Crippen molar-refractivity contribution in [3.8, 4) is 0 Å². The second-order valence-corrected chi connectivity index (χ2v) is 3.73. The van der Waals surface area contributed by atoms with Crippen molar-refractivity contribution in [2.24, 2.45) is 0 Å². The summed E-state index contributed by atoms with van der Waals surface area (Å²) in [5.41, 5.74) is 5.28. The molecule has 10 heteroatoms. The molecule has 1 aromatic heterocycles. The number of aromatic amines is 1. The van der Waals surface area contributed by atoms with E-state index < -0.39 is 12.0 Å². The molecule has 0 spiro atoms. The minimum absolute atomic E-state index is 0. The zero-order valence-electron chi connectivity index (χ0n) is 11.6. The smallest absolute Gasteiger partial charge is 1.00 e. The van der Waals surface area contributed by atoms with Gasteiger partial charge in [-0.05, 0) is 6.42 Å². The van der Waals surface area contributed by atoms with Crippen molar-refractivity contribution in [2.45, 2.75) is 12.8 Å². The number of fused-ring (bicyclic) bond motifs is 1. The molecule has 1 atom stereocenters. The van der Waals surface area contributed by atoms with Gasteiger partial charge in [-0.2, -0.15) is 4.98 Å². The number of nitrogens with two attached hydrogens (primary N) is 1. The third-order valence-corrected chi connectivity index (χ3v) is 2.45. The van der Waals surface area contributed by atoms with Crippen LogP contribution >= 0.6 is 0 Å². The van der Waals surface area contributed by atoms with Crippen LogP contribution in [-0.4, -0.2) is 46.5 Å². The average Bonchev–Trinajstić information content (AvgIpc) is 2.73. The molecule has 102 valence electrons. The number of ether oxygens (including phenoxy) is 1. The maximum absolute atomic E-state index is 11.5. The molecule has 1 unspecified atom stereocenters. The number of hydrogen-bond donors (Lipinski definition) is 5. The van der Waals surface area contributed by atoms with Crippen molar-refractivity contribution in [3.05, 3.63) is 10.4 Å². The predicted octanol–water partition coefficient (Wildman–Crippen LogP) is -4.67. The van der Waals surface area contributed by atoms with Crippen LogP contribution in [-0.2, 0) is 4.74 Å². The standard InChI is InChI=1S/C9H15N5O4.Na.H/c10-8-12-6-5(7(16)13-8)11-4-14(6)9(17)18-3-1-2-15;;/h9,11,15,17H,1-4H2,(H3,10,12,13,16);;/q;+1;-1. The number of aromatic nitrogens is 2. The van der Waals surface area contributed by atoms with E-state index in [0.717, 1.165) is 0 Å². The molecule has 0 radical (unpaired) electrons. The first-order valence-electron chi connectivity index (χ1n) is 5.44. The quantitative estimate of drug-likeness (QED) is 0.206. The zero-order chi connectivity index (χ0) is 13.1. The largest absolute Gasteiger partial charge is 1.00 e. The summed E-state index contributed by atoms with van der Waals surface area (Å²) in [4.78, 5) is 19.2. The Hall–Kier alpha value is -0.840. The predicted molar refractivity (Wildman–Crippen MR) is 65.0 cm³/mol. The van der Waals surface area contributed by atoms with E-state index in [9.17, 15) is 9.90 Å². The molecule has 19 heavy (non-hydrogen) atoms. The van der Waals surface area contributed by atoms with E-state index in [2.05, 4.69) is 15.3 Å².